The highest BCUT2D eigenvalue weighted by Crippen LogP contribution is 2.38. The minimum Gasteiger partial charge on any atom is -0.488 e. The molecule has 0 amide bonds. The summed E-state index contributed by atoms with van der Waals surface area (Å²) in [6.07, 6.45) is -0.510. The quantitative estimate of drug-likeness (QED) is 0.225. The number of carbonyl (C=O) groups is 2. The predicted octanol–water partition coefficient (Wildman–Crippen LogP) is 5.22. The molecule has 0 aliphatic carbocycles. The topological polar surface area (TPSA) is 105 Å². The first-order valence-electron chi connectivity index (χ1n) is 11.6. The van der Waals surface area contributed by atoms with Gasteiger partial charge in [-0.1, -0.05) is 49.2 Å². The SMILES string of the molecule is CC(=O)O[C@H](CCl)COc1ccc(C(C)(C)c2ccc(OC[C@H](CS(C)(=O)=O)OC(C)=O)c(Cl)c2)cc1Cl. The second-order valence-corrected chi connectivity index (χ2v) is 12.6. The molecule has 8 nitrogen and oxygen atoms in total. The molecule has 0 heterocycles. The van der Waals surface area contributed by atoms with Crippen LogP contribution in [0, 0.1) is 0 Å². The predicted molar refractivity (Wildman–Crippen MR) is 148 cm³/mol. The average molecular weight is 610 g/mol. The third-order valence-electron chi connectivity index (χ3n) is 5.48. The summed E-state index contributed by atoms with van der Waals surface area (Å²) in [7, 11) is -3.40. The molecule has 38 heavy (non-hydrogen) atoms. The second-order valence-electron chi connectivity index (χ2n) is 9.25. The molecule has 210 valence electrons. The van der Waals surface area contributed by atoms with Gasteiger partial charge in [0.25, 0.3) is 0 Å². The summed E-state index contributed by atoms with van der Waals surface area (Å²) in [4.78, 5) is 22.5. The Morgan fingerprint density at radius 2 is 1.26 bits per heavy atom. The maximum Gasteiger partial charge on any atom is 0.303 e. The van der Waals surface area contributed by atoms with Crippen LogP contribution in [0.25, 0.3) is 0 Å². The van der Waals surface area contributed by atoms with Gasteiger partial charge in [0.05, 0.1) is 21.7 Å². The molecule has 0 radical (unpaired) electrons. The number of benzene rings is 2. The van der Waals surface area contributed by atoms with Crippen LogP contribution in [0.2, 0.25) is 10.0 Å². The first-order valence-corrected chi connectivity index (χ1v) is 14.9. The van der Waals surface area contributed by atoms with Gasteiger partial charge in [-0.05, 0) is 35.4 Å². The average Bonchev–Trinajstić information content (AvgIpc) is 2.79. The molecular weight excluding hydrogens is 579 g/mol. The van der Waals surface area contributed by atoms with Gasteiger partial charge in [-0.3, -0.25) is 9.59 Å². The fraction of sp³-hybridized carbons (Fsp3) is 0.462. The Bertz CT molecular complexity index is 1250. The Balaban J connectivity index is 2.16. The minimum atomic E-state index is -3.40. The summed E-state index contributed by atoms with van der Waals surface area (Å²) in [5.41, 5.74) is 1.23. The number of esters is 2. The van der Waals surface area contributed by atoms with E-state index >= 15 is 0 Å². The zero-order valence-electron chi connectivity index (χ0n) is 21.8. The van der Waals surface area contributed by atoms with Crippen molar-refractivity contribution in [3.63, 3.8) is 0 Å². The summed E-state index contributed by atoms with van der Waals surface area (Å²) < 4.78 is 44.8. The van der Waals surface area contributed by atoms with Crippen molar-refractivity contribution >= 4 is 56.6 Å². The third-order valence-corrected chi connectivity index (χ3v) is 7.39. The fourth-order valence-electron chi connectivity index (χ4n) is 3.58. The molecule has 2 aromatic carbocycles. The van der Waals surface area contributed by atoms with Crippen LogP contribution in [-0.4, -0.2) is 63.7 Å². The van der Waals surface area contributed by atoms with E-state index in [9.17, 15) is 18.0 Å². The lowest BCUT2D eigenvalue weighted by atomic mass is 9.78. The largest absolute Gasteiger partial charge is 0.488 e. The van der Waals surface area contributed by atoms with Crippen LogP contribution >= 0.6 is 34.8 Å². The molecule has 0 saturated heterocycles. The van der Waals surface area contributed by atoms with Gasteiger partial charge in [0.15, 0.2) is 9.84 Å². The Labute approximate surface area is 238 Å². The number of rotatable bonds is 13. The third kappa shape index (κ3) is 9.84. The number of hydrogen-bond acceptors (Lipinski definition) is 8. The Kier molecular flexibility index (Phi) is 11.6. The van der Waals surface area contributed by atoms with Crippen LogP contribution in [0.15, 0.2) is 36.4 Å². The summed E-state index contributed by atoms with van der Waals surface area (Å²) in [5.74, 6) is -0.594. The molecule has 2 atom stereocenters. The van der Waals surface area contributed by atoms with E-state index in [4.69, 9.17) is 53.8 Å². The molecule has 12 heteroatoms. The molecule has 2 aromatic rings. The molecule has 0 aromatic heterocycles. The standard InChI is InChI=1S/C26H31Cl3O8S/c1-16(30)36-20(12-27)13-34-24-8-6-18(10-22(24)28)26(3,4)19-7-9-25(23(29)11-19)35-14-21(37-17(2)31)15-38(5,32)33/h6-11,20-21H,12-15H2,1-5H3/t20-,21-/m1/s1. The molecule has 0 unspecified atom stereocenters. The summed E-state index contributed by atoms with van der Waals surface area (Å²) in [5, 5.41) is 0.681. The molecule has 0 N–H and O–H groups in total. The number of sulfone groups is 1. The number of alkyl halides is 1. The highest BCUT2D eigenvalue weighted by Gasteiger charge is 2.26. The molecule has 0 bridgehead atoms. The van der Waals surface area contributed by atoms with E-state index in [-0.39, 0.29) is 24.8 Å². The van der Waals surface area contributed by atoms with Crippen molar-refractivity contribution in [3.05, 3.63) is 57.6 Å². The van der Waals surface area contributed by atoms with Crippen LogP contribution in [0.5, 0.6) is 11.5 Å². The van der Waals surface area contributed by atoms with Crippen molar-refractivity contribution < 1.29 is 37.0 Å². The van der Waals surface area contributed by atoms with Crippen molar-refractivity contribution in [2.24, 2.45) is 0 Å². The Hall–Kier alpha value is -2.20. The molecule has 0 fully saturated rings. The van der Waals surface area contributed by atoms with Gasteiger partial charge in [-0.2, -0.15) is 0 Å². The summed E-state index contributed by atoms with van der Waals surface area (Å²) in [6.45, 7) is 6.38. The minimum absolute atomic E-state index is 0.0606. The smallest absolute Gasteiger partial charge is 0.303 e. The lowest BCUT2D eigenvalue weighted by Crippen LogP contribution is -2.31. The van der Waals surface area contributed by atoms with Gasteiger partial charge in [0.1, 0.15) is 36.9 Å². The van der Waals surface area contributed by atoms with Gasteiger partial charge < -0.3 is 18.9 Å². The normalized spacial score (nSPS) is 13.4. The van der Waals surface area contributed by atoms with E-state index in [0.717, 1.165) is 17.4 Å². The van der Waals surface area contributed by atoms with E-state index in [0.29, 0.717) is 21.5 Å². The molecule has 2 rings (SSSR count). The Morgan fingerprint density at radius 3 is 1.63 bits per heavy atom. The number of halogens is 3. The summed E-state index contributed by atoms with van der Waals surface area (Å²) in [6, 6.07) is 10.6. The number of ether oxygens (including phenoxy) is 4. The van der Waals surface area contributed by atoms with E-state index in [1.807, 2.05) is 26.0 Å². The molecule has 0 aliphatic heterocycles. The van der Waals surface area contributed by atoms with E-state index in [1.54, 1.807) is 24.3 Å². The monoisotopic (exact) mass is 608 g/mol. The number of hydrogen-bond donors (Lipinski definition) is 0. The van der Waals surface area contributed by atoms with E-state index < -0.39 is 39.4 Å². The maximum absolute atomic E-state index is 11.6. The fourth-order valence-corrected chi connectivity index (χ4v) is 5.04. The van der Waals surface area contributed by atoms with Crippen molar-refractivity contribution in [2.75, 3.05) is 31.1 Å². The van der Waals surface area contributed by atoms with Crippen LogP contribution in [0.1, 0.15) is 38.8 Å². The van der Waals surface area contributed by atoms with Crippen molar-refractivity contribution in [1.82, 2.24) is 0 Å². The second kappa shape index (κ2) is 13.7. The lowest BCUT2D eigenvalue weighted by Gasteiger charge is -2.27. The van der Waals surface area contributed by atoms with Crippen LogP contribution < -0.4 is 9.47 Å². The van der Waals surface area contributed by atoms with Crippen LogP contribution in [-0.2, 0) is 34.3 Å². The van der Waals surface area contributed by atoms with Gasteiger partial charge in [0.2, 0.25) is 0 Å². The highest BCUT2D eigenvalue weighted by molar-refractivity contribution is 7.90. The summed E-state index contributed by atoms with van der Waals surface area (Å²) >= 11 is 18.8. The zero-order chi connectivity index (χ0) is 28.7. The van der Waals surface area contributed by atoms with Gasteiger partial charge in [-0.25, -0.2) is 8.42 Å². The van der Waals surface area contributed by atoms with Gasteiger partial charge >= 0.3 is 11.9 Å². The molecular formula is C26H31Cl3O8S. The first kappa shape index (κ1) is 32.0. The zero-order valence-corrected chi connectivity index (χ0v) is 24.8. The number of carbonyl (C=O) groups excluding carboxylic acids is 2. The van der Waals surface area contributed by atoms with Crippen LogP contribution in [0.4, 0.5) is 0 Å². The van der Waals surface area contributed by atoms with E-state index in [1.165, 1.54) is 13.8 Å². The van der Waals surface area contributed by atoms with E-state index in [2.05, 4.69) is 0 Å². The van der Waals surface area contributed by atoms with Gasteiger partial charge in [-0.15, -0.1) is 11.6 Å². The maximum atomic E-state index is 11.6. The van der Waals surface area contributed by atoms with Gasteiger partial charge in [0, 0.05) is 25.5 Å². The lowest BCUT2D eigenvalue weighted by molar-refractivity contribution is -0.147. The molecule has 0 aliphatic rings. The van der Waals surface area contributed by atoms with Crippen molar-refractivity contribution in [1.29, 1.82) is 0 Å². The highest BCUT2D eigenvalue weighted by atomic mass is 35.5. The Morgan fingerprint density at radius 1 is 0.842 bits per heavy atom. The van der Waals surface area contributed by atoms with Crippen molar-refractivity contribution in [3.8, 4) is 11.5 Å². The first-order chi connectivity index (χ1) is 17.6. The molecule has 0 saturated carbocycles. The van der Waals surface area contributed by atoms with Crippen LogP contribution in [0.3, 0.4) is 0 Å². The van der Waals surface area contributed by atoms with Crippen molar-refractivity contribution in [2.45, 2.75) is 45.3 Å². The molecule has 0 spiro atoms.